The van der Waals surface area contributed by atoms with Crippen molar-refractivity contribution in [2.45, 2.75) is 6.42 Å². The van der Waals surface area contributed by atoms with Gasteiger partial charge in [0.25, 0.3) is 0 Å². The first-order chi connectivity index (χ1) is 6.59. The van der Waals surface area contributed by atoms with Crippen LogP contribution in [0, 0.1) is 15.9 Å². The summed E-state index contributed by atoms with van der Waals surface area (Å²) >= 11 is 0. The summed E-state index contributed by atoms with van der Waals surface area (Å²) in [4.78, 5) is 20.4. The van der Waals surface area contributed by atoms with E-state index in [4.69, 9.17) is 0 Å². The average Bonchev–Trinajstić information content (AvgIpc) is 2.46. The third kappa shape index (κ3) is 1.12. The molecular formula is C8H5FN2O3. The summed E-state index contributed by atoms with van der Waals surface area (Å²) in [5.74, 6) is -1.27. The fourth-order valence-corrected chi connectivity index (χ4v) is 1.39. The Morgan fingerprint density at radius 2 is 2.21 bits per heavy atom. The molecule has 72 valence electrons. The second kappa shape index (κ2) is 2.76. The summed E-state index contributed by atoms with van der Waals surface area (Å²) in [6.45, 7) is 0. The monoisotopic (exact) mass is 196 g/mol. The molecule has 14 heavy (non-hydrogen) atoms. The van der Waals surface area contributed by atoms with Crippen LogP contribution in [0.15, 0.2) is 12.1 Å². The van der Waals surface area contributed by atoms with Gasteiger partial charge in [-0.15, -0.1) is 0 Å². The highest BCUT2D eigenvalue weighted by Crippen LogP contribution is 2.30. The number of carbonyl (C=O) groups is 1. The second-order valence-electron chi connectivity index (χ2n) is 2.91. The van der Waals surface area contributed by atoms with Gasteiger partial charge in [-0.1, -0.05) is 0 Å². The van der Waals surface area contributed by atoms with Crippen LogP contribution in [-0.4, -0.2) is 10.8 Å². The predicted octanol–water partition coefficient (Wildman–Crippen LogP) is 1.23. The lowest BCUT2D eigenvalue weighted by Crippen LogP contribution is -2.03. The largest absolute Gasteiger partial charge is 0.325 e. The standard InChI is InChI=1S/C8H5FN2O3/c9-8-4-3-7(12)10-5(4)1-2-6(8)11(13)14/h1-2H,3H2,(H,10,12). The number of rotatable bonds is 1. The highest BCUT2D eigenvalue weighted by Gasteiger charge is 2.27. The van der Waals surface area contributed by atoms with E-state index in [2.05, 4.69) is 5.32 Å². The molecule has 1 amide bonds. The van der Waals surface area contributed by atoms with Gasteiger partial charge in [0.15, 0.2) is 0 Å². The second-order valence-corrected chi connectivity index (χ2v) is 2.91. The molecule has 0 fully saturated rings. The quantitative estimate of drug-likeness (QED) is 0.542. The van der Waals surface area contributed by atoms with Crippen molar-refractivity contribution in [3.05, 3.63) is 33.6 Å². The minimum absolute atomic E-state index is 0.0733. The van der Waals surface area contributed by atoms with Crippen LogP contribution in [0.5, 0.6) is 0 Å². The maximum atomic E-state index is 13.4. The molecule has 0 spiro atoms. The molecule has 0 aromatic heterocycles. The number of benzene rings is 1. The van der Waals surface area contributed by atoms with Gasteiger partial charge >= 0.3 is 5.69 Å². The normalized spacial score (nSPS) is 13.6. The molecule has 2 rings (SSSR count). The molecule has 1 N–H and O–H groups in total. The number of carbonyl (C=O) groups excluding carboxylic acids is 1. The Labute approximate surface area is 77.7 Å². The molecule has 1 heterocycles. The molecule has 1 aromatic rings. The Hall–Kier alpha value is -1.98. The van der Waals surface area contributed by atoms with Gasteiger partial charge in [-0.3, -0.25) is 14.9 Å². The van der Waals surface area contributed by atoms with E-state index in [1.165, 1.54) is 6.07 Å². The van der Waals surface area contributed by atoms with Crippen LogP contribution in [0.3, 0.4) is 0 Å². The number of hydrogen-bond acceptors (Lipinski definition) is 3. The zero-order valence-electron chi connectivity index (χ0n) is 6.91. The Kier molecular flexibility index (Phi) is 1.70. The molecule has 1 aliphatic heterocycles. The number of amides is 1. The number of hydrogen-bond donors (Lipinski definition) is 1. The van der Waals surface area contributed by atoms with Gasteiger partial charge in [0.05, 0.1) is 11.3 Å². The topological polar surface area (TPSA) is 72.2 Å². The molecule has 1 aromatic carbocycles. The summed E-state index contributed by atoms with van der Waals surface area (Å²) in [6, 6.07) is 2.38. The van der Waals surface area contributed by atoms with Crippen molar-refractivity contribution in [3.63, 3.8) is 0 Å². The zero-order chi connectivity index (χ0) is 10.3. The van der Waals surface area contributed by atoms with E-state index in [9.17, 15) is 19.3 Å². The van der Waals surface area contributed by atoms with Crippen LogP contribution < -0.4 is 5.32 Å². The molecule has 0 saturated carbocycles. The number of nitrogens with zero attached hydrogens (tertiary/aromatic N) is 1. The summed E-state index contributed by atoms with van der Waals surface area (Å²) < 4.78 is 13.4. The van der Waals surface area contributed by atoms with E-state index in [0.717, 1.165) is 6.07 Å². The molecular weight excluding hydrogens is 191 g/mol. The predicted molar refractivity (Wildman–Crippen MR) is 45.4 cm³/mol. The van der Waals surface area contributed by atoms with Gasteiger partial charge < -0.3 is 5.32 Å². The zero-order valence-corrected chi connectivity index (χ0v) is 6.91. The smallest absolute Gasteiger partial charge is 0.305 e. The van der Waals surface area contributed by atoms with Gasteiger partial charge in [0.1, 0.15) is 0 Å². The number of fused-ring (bicyclic) bond motifs is 1. The van der Waals surface area contributed by atoms with Crippen LogP contribution >= 0.6 is 0 Å². The molecule has 5 nitrogen and oxygen atoms in total. The Bertz CT molecular complexity index is 444. The van der Waals surface area contributed by atoms with Crippen molar-refractivity contribution in [2.24, 2.45) is 0 Å². The van der Waals surface area contributed by atoms with E-state index < -0.39 is 16.4 Å². The summed E-state index contributed by atoms with van der Waals surface area (Å²) in [5, 5.41) is 12.8. The highest BCUT2D eigenvalue weighted by atomic mass is 19.1. The van der Waals surface area contributed by atoms with Crippen LogP contribution in [0.4, 0.5) is 15.8 Å². The lowest BCUT2D eigenvalue weighted by molar-refractivity contribution is -0.387. The van der Waals surface area contributed by atoms with Crippen LogP contribution in [0.2, 0.25) is 0 Å². The maximum absolute atomic E-state index is 13.4. The number of nitro groups is 1. The van der Waals surface area contributed by atoms with Crippen LogP contribution in [0.25, 0.3) is 0 Å². The molecule has 0 bridgehead atoms. The number of nitrogens with one attached hydrogen (secondary N) is 1. The lowest BCUT2D eigenvalue weighted by Gasteiger charge is -1.99. The highest BCUT2D eigenvalue weighted by molar-refractivity contribution is 5.99. The van der Waals surface area contributed by atoms with Gasteiger partial charge in [-0.25, -0.2) is 0 Å². The summed E-state index contributed by atoms with van der Waals surface area (Å²) in [5.41, 5.74) is -0.206. The summed E-state index contributed by atoms with van der Waals surface area (Å²) in [7, 11) is 0. The maximum Gasteiger partial charge on any atom is 0.305 e. The van der Waals surface area contributed by atoms with E-state index >= 15 is 0 Å². The third-order valence-electron chi connectivity index (χ3n) is 2.03. The molecule has 0 aliphatic carbocycles. The van der Waals surface area contributed by atoms with E-state index in [0.29, 0.717) is 5.69 Å². The molecule has 6 heteroatoms. The first-order valence-corrected chi connectivity index (χ1v) is 3.85. The number of nitro benzene ring substituents is 1. The van der Waals surface area contributed by atoms with E-state index in [-0.39, 0.29) is 17.9 Å². The minimum Gasteiger partial charge on any atom is -0.325 e. The fourth-order valence-electron chi connectivity index (χ4n) is 1.39. The summed E-state index contributed by atoms with van der Waals surface area (Å²) in [6.07, 6.45) is -0.136. The van der Waals surface area contributed by atoms with E-state index in [1.807, 2.05) is 0 Å². The van der Waals surface area contributed by atoms with Crippen molar-refractivity contribution in [2.75, 3.05) is 5.32 Å². The van der Waals surface area contributed by atoms with Crippen molar-refractivity contribution >= 4 is 17.3 Å². The van der Waals surface area contributed by atoms with Crippen molar-refractivity contribution < 1.29 is 14.1 Å². The SMILES string of the molecule is O=C1Cc2c(ccc([N+](=O)[O-])c2F)N1. The molecule has 0 saturated heterocycles. The minimum atomic E-state index is -0.925. The van der Waals surface area contributed by atoms with Crippen molar-refractivity contribution in [1.29, 1.82) is 0 Å². The number of halogens is 1. The van der Waals surface area contributed by atoms with E-state index in [1.54, 1.807) is 0 Å². The van der Waals surface area contributed by atoms with Gasteiger partial charge in [0, 0.05) is 17.3 Å². The third-order valence-corrected chi connectivity index (χ3v) is 2.03. The van der Waals surface area contributed by atoms with Crippen LogP contribution in [0.1, 0.15) is 5.56 Å². The Morgan fingerprint density at radius 3 is 2.86 bits per heavy atom. The average molecular weight is 196 g/mol. The van der Waals surface area contributed by atoms with Crippen molar-refractivity contribution in [1.82, 2.24) is 0 Å². The fraction of sp³-hybridized carbons (Fsp3) is 0.125. The van der Waals surface area contributed by atoms with Gasteiger partial charge in [-0.05, 0) is 6.07 Å². The molecule has 0 radical (unpaired) electrons. The van der Waals surface area contributed by atoms with Gasteiger partial charge in [-0.2, -0.15) is 4.39 Å². The first kappa shape index (κ1) is 8.61. The molecule has 1 aliphatic rings. The first-order valence-electron chi connectivity index (χ1n) is 3.85. The molecule has 0 unspecified atom stereocenters. The lowest BCUT2D eigenvalue weighted by atomic mass is 10.1. The Balaban J connectivity index is 2.59. The van der Waals surface area contributed by atoms with Crippen molar-refractivity contribution in [3.8, 4) is 0 Å². The Morgan fingerprint density at radius 1 is 1.50 bits per heavy atom. The molecule has 0 atom stereocenters. The van der Waals surface area contributed by atoms with Crippen LogP contribution in [-0.2, 0) is 11.2 Å². The number of anilines is 1. The van der Waals surface area contributed by atoms with Gasteiger partial charge in [0.2, 0.25) is 11.7 Å².